The molecule has 0 aliphatic rings. The number of benzene rings is 2. The van der Waals surface area contributed by atoms with Gasteiger partial charge in [-0.3, -0.25) is 14.9 Å². The molecule has 1 aromatic heterocycles. The fourth-order valence-corrected chi connectivity index (χ4v) is 3.35. The highest BCUT2D eigenvalue weighted by Gasteiger charge is 2.26. The van der Waals surface area contributed by atoms with Crippen LogP contribution in [0.3, 0.4) is 0 Å². The molecule has 0 spiro atoms. The third kappa shape index (κ3) is 5.02. The Labute approximate surface area is 171 Å². The minimum Gasteiger partial charge on any atom is -0.344 e. The van der Waals surface area contributed by atoms with Gasteiger partial charge in [0, 0.05) is 6.54 Å². The van der Waals surface area contributed by atoms with Gasteiger partial charge in [0.05, 0.1) is 17.5 Å². The molecular formula is C23H28N4O2. The van der Waals surface area contributed by atoms with Crippen LogP contribution in [-0.2, 0) is 22.6 Å². The molecule has 2 N–H and O–H groups in total. The van der Waals surface area contributed by atoms with Crippen molar-refractivity contribution in [3.63, 3.8) is 0 Å². The smallest absolute Gasteiger partial charge is 0.249 e. The van der Waals surface area contributed by atoms with Crippen molar-refractivity contribution < 1.29 is 9.59 Å². The van der Waals surface area contributed by atoms with Gasteiger partial charge in [0.2, 0.25) is 17.8 Å². The molecule has 0 saturated heterocycles. The lowest BCUT2D eigenvalue weighted by molar-refractivity contribution is -0.127. The number of fused-ring (bicyclic) bond motifs is 1. The molecule has 3 aromatic rings. The Hall–Kier alpha value is -3.15. The Bertz CT molecular complexity index is 979. The fraction of sp³-hybridized carbons (Fsp3) is 0.348. The van der Waals surface area contributed by atoms with Gasteiger partial charge in [0.1, 0.15) is 6.04 Å². The zero-order valence-corrected chi connectivity index (χ0v) is 17.2. The van der Waals surface area contributed by atoms with Crippen LogP contribution in [0.4, 0.5) is 5.95 Å². The van der Waals surface area contributed by atoms with Crippen molar-refractivity contribution in [2.75, 3.05) is 5.32 Å². The Balaban J connectivity index is 1.75. The van der Waals surface area contributed by atoms with Gasteiger partial charge >= 0.3 is 0 Å². The molecule has 2 amide bonds. The number of nitrogens with zero attached hydrogens (tertiary/aromatic N) is 2. The van der Waals surface area contributed by atoms with E-state index in [1.165, 1.54) is 0 Å². The highest BCUT2D eigenvalue weighted by molar-refractivity contribution is 5.97. The van der Waals surface area contributed by atoms with Crippen LogP contribution in [0, 0.1) is 5.92 Å². The number of hydrogen-bond donors (Lipinski definition) is 2. The molecule has 0 fully saturated rings. The van der Waals surface area contributed by atoms with Crippen molar-refractivity contribution in [1.29, 1.82) is 0 Å². The van der Waals surface area contributed by atoms with Gasteiger partial charge in [0.25, 0.3) is 0 Å². The van der Waals surface area contributed by atoms with Crippen LogP contribution in [0.1, 0.15) is 32.8 Å². The molecule has 1 unspecified atom stereocenters. The average molecular weight is 393 g/mol. The quantitative estimate of drug-likeness (QED) is 0.613. The van der Waals surface area contributed by atoms with Crippen molar-refractivity contribution in [1.82, 2.24) is 14.9 Å². The van der Waals surface area contributed by atoms with Gasteiger partial charge in [-0.15, -0.1) is 0 Å². The Morgan fingerprint density at radius 3 is 2.41 bits per heavy atom. The maximum absolute atomic E-state index is 13.0. The fourth-order valence-electron chi connectivity index (χ4n) is 3.35. The highest BCUT2D eigenvalue weighted by atomic mass is 16.2. The molecule has 1 heterocycles. The number of anilines is 1. The molecule has 152 valence electrons. The highest BCUT2D eigenvalue weighted by Crippen LogP contribution is 2.20. The summed E-state index contributed by atoms with van der Waals surface area (Å²) in [6.45, 7) is 6.67. The number of rotatable bonds is 8. The molecule has 29 heavy (non-hydrogen) atoms. The van der Waals surface area contributed by atoms with E-state index < -0.39 is 6.04 Å². The lowest BCUT2D eigenvalue weighted by Crippen LogP contribution is -2.47. The molecular weight excluding hydrogens is 364 g/mol. The average Bonchev–Trinajstić information content (AvgIpc) is 3.04. The first kappa shape index (κ1) is 20.6. The summed E-state index contributed by atoms with van der Waals surface area (Å²) in [5.74, 6) is 0.0286. The molecule has 6 nitrogen and oxygen atoms in total. The summed E-state index contributed by atoms with van der Waals surface area (Å²) in [6, 6.07) is 16.7. The number of nitrogens with one attached hydrogen (secondary N) is 2. The lowest BCUT2D eigenvalue weighted by Gasteiger charge is -2.22. The molecule has 0 saturated carbocycles. The second kappa shape index (κ2) is 9.37. The predicted molar refractivity (Wildman–Crippen MR) is 116 cm³/mol. The van der Waals surface area contributed by atoms with E-state index in [0.29, 0.717) is 5.95 Å². The number of carbonyl (C=O) groups excluding carboxylic acids is 2. The molecule has 6 heteroatoms. The third-order valence-corrected chi connectivity index (χ3v) is 4.81. The SMILES string of the molecule is CCCn1c(NC(=O)C(NC(=O)Cc2ccccc2)C(C)C)nc2ccccc21. The van der Waals surface area contributed by atoms with Crippen LogP contribution >= 0.6 is 0 Å². The molecule has 2 aromatic carbocycles. The molecule has 0 bridgehead atoms. The number of carbonyl (C=O) groups is 2. The minimum absolute atomic E-state index is 0.0567. The number of aromatic nitrogens is 2. The Kier molecular flexibility index (Phi) is 6.65. The zero-order valence-electron chi connectivity index (χ0n) is 17.2. The number of amides is 2. The third-order valence-electron chi connectivity index (χ3n) is 4.81. The van der Waals surface area contributed by atoms with Gasteiger partial charge in [-0.1, -0.05) is 63.2 Å². The second-order valence-corrected chi connectivity index (χ2v) is 7.52. The van der Waals surface area contributed by atoms with Crippen LogP contribution in [0.15, 0.2) is 54.6 Å². The molecule has 0 aliphatic carbocycles. The van der Waals surface area contributed by atoms with Gasteiger partial charge in [-0.25, -0.2) is 4.98 Å². The zero-order chi connectivity index (χ0) is 20.8. The van der Waals surface area contributed by atoms with E-state index in [1.54, 1.807) is 0 Å². The summed E-state index contributed by atoms with van der Waals surface area (Å²) in [5, 5.41) is 5.82. The van der Waals surface area contributed by atoms with Crippen LogP contribution in [0.2, 0.25) is 0 Å². The van der Waals surface area contributed by atoms with Crippen LogP contribution in [0.5, 0.6) is 0 Å². The van der Waals surface area contributed by atoms with E-state index in [4.69, 9.17) is 0 Å². The normalized spacial score (nSPS) is 12.1. The van der Waals surface area contributed by atoms with E-state index >= 15 is 0 Å². The number of aryl methyl sites for hydroxylation is 1. The standard InChI is InChI=1S/C23H28N4O2/c1-4-14-27-19-13-9-8-12-18(19)24-23(27)26-22(29)21(16(2)3)25-20(28)15-17-10-6-5-7-11-17/h5-13,16,21H,4,14-15H2,1-3H3,(H,25,28)(H,24,26,29). The van der Waals surface area contributed by atoms with E-state index in [1.807, 2.05) is 73.0 Å². The minimum atomic E-state index is -0.638. The molecule has 1 atom stereocenters. The first-order chi connectivity index (χ1) is 14.0. The number of hydrogen-bond acceptors (Lipinski definition) is 3. The maximum atomic E-state index is 13.0. The van der Waals surface area contributed by atoms with Crippen LogP contribution < -0.4 is 10.6 Å². The largest absolute Gasteiger partial charge is 0.344 e. The van der Waals surface area contributed by atoms with Crippen molar-refractivity contribution in [2.24, 2.45) is 5.92 Å². The van der Waals surface area contributed by atoms with Crippen molar-refractivity contribution >= 4 is 28.8 Å². The molecule has 0 radical (unpaired) electrons. The van der Waals surface area contributed by atoms with Gasteiger partial charge in [-0.2, -0.15) is 0 Å². The van der Waals surface area contributed by atoms with Crippen molar-refractivity contribution in [2.45, 2.75) is 46.2 Å². The first-order valence-corrected chi connectivity index (χ1v) is 10.1. The first-order valence-electron chi connectivity index (χ1n) is 10.1. The van der Waals surface area contributed by atoms with Crippen LogP contribution in [0.25, 0.3) is 11.0 Å². The summed E-state index contributed by atoms with van der Waals surface area (Å²) in [6.07, 6.45) is 1.16. The predicted octanol–water partition coefficient (Wildman–Crippen LogP) is 3.77. The summed E-state index contributed by atoms with van der Waals surface area (Å²) < 4.78 is 2.01. The molecule has 3 rings (SSSR count). The van der Waals surface area contributed by atoms with Crippen molar-refractivity contribution in [3.05, 3.63) is 60.2 Å². The molecule has 0 aliphatic heterocycles. The van der Waals surface area contributed by atoms with Gasteiger partial charge in [-0.05, 0) is 30.0 Å². The summed E-state index contributed by atoms with van der Waals surface area (Å²) >= 11 is 0. The lowest BCUT2D eigenvalue weighted by atomic mass is 10.0. The number of para-hydroxylation sites is 2. The van der Waals surface area contributed by atoms with Crippen LogP contribution in [-0.4, -0.2) is 27.4 Å². The summed E-state index contributed by atoms with van der Waals surface area (Å²) in [5.41, 5.74) is 2.74. The second-order valence-electron chi connectivity index (χ2n) is 7.52. The van der Waals surface area contributed by atoms with Gasteiger partial charge in [0.15, 0.2) is 0 Å². The Morgan fingerprint density at radius 1 is 1.03 bits per heavy atom. The van der Waals surface area contributed by atoms with E-state index in [-0.39, 0.29) is 24.2 Å². The van der Waals surface area contributed by atoms with E-state index in [2.05, 4.69) is 22.5 Å². The summed E-state index contributed by atoms with van der Waals surface area (Å²) in [7, 11) is 0. The topological polar surface area (TPSA) is 76.0 Å². The monoisotopic (exact) mass is 392 g/mol. The van der Waals surface area contributed by atoms with E-state index in [0.717, 1.165) is 29.6 Å². The van der Waals surface area contributed by atoms with Gasteiger partial charge < -0.3 is 9.88 Å². The van der Waals surface area contributed by atoms with E-state index in [9.17, 15) is 9.59 Å². The maximum Gasteiger partial charge on any atom is 0.249 e. The number of imidazole rings is 1. The van der Waals surface area contributed by atoms with Crippen molar-refractivity contribution in [3.8, 4) is 0 Å². The summed E-state index contributed by atoms with van der Waals surface area (Å²) in [4.78, 5) is 30.1. The Morgan fingerprint density at radius 2 is 1.72 bits per heavy atom.